The number of furan rings is 1. The first-order chi connectivity index (χ1) is 10.8. The van der Waals surface area contributed by atoms with E-state index in [0.717, 1.165) is 34.0 Å². The highest BCUT2D eigenvalue weighted by Crippen LogP contribution is 2.28. The number of benzene rings is 2. The number of ether oxygens (including phenoxy) is 1. The van der Waals surface area contributed by atoms with Gasteiger partial charge in [-0.25, -0.2) is 0 Å². The molecule has 2 aromatic carbocycles. The summed E-state index contributed by atoms with van der Waals surface area (Å²) in [4.78, 5) is 0. The Hall–Kier alpha value is -2.92. The quantitative estimate of drug-likeness (QED) is 0.642. The molecule has 108 valence electrons. The van der Waals surface area contributed by atoms with Crippen LogP contribution < -0.4 is 4.74 Å². The summed E-state index contributed by atoms with van der Waals surface area (Å²) >= 11 is 0. The van der Waals surface area contributed by atoms with Crippen LogP contribution in [0.5, 0.6) is 5.75 Å². The van der Waals surface area contributed by atoms with Crippen LogP contribution in [0.4, 0.5) is 0 Å². The summed E-state index contributed by atoms with van der Waals surface area (Å²) < 4.78 is 11.4. The van der Waals surface area contributed by atoms with Crippen LogP contribution in [0, 0.1) is 19.3 Å². The van der Waals surface area contributed by atoms with E-state index in [0.29, 0.717) is 6.61 Å². The lowest BCUT2D eigenvalue weighted by atomic mass is 10.1. The lowest BCUT2D eigenvalue weighted by Gasteiger charge is -2.09. The molecule has 0 saturated heterocycles. The van der Waals surface area contributed by atoms with Crippen LogP contribution in [0.1, 0.15) is 16.9 Å². The van der Waals surface area contributed by atoms with Gasteiger partial charge in [-0.3, -0.25) is 0 Å². The fourth-order valence-corrected chi connectivity index (χ4v) is 2.27. The van der Waals surface area contributed by atoms with Crippen LogP contribution in [0.25, 0.3) is 11.3 Å². The second-order valence-electron chi connectivity index (χ2n) is 5.04. The normalized spacial score (nSPS) is 10.2. The van der Waals surface area contributed by atoms with Gasteiger partial charge in [0.15, 0.2) is 0 Å². The number of terminal acetylenes is 1. The summed E-state index contributed by atoms with van der Waals surface area (Å²) in [7, 11) is 0. The van der Waals surface area contributed by atoms with Gasteiger partial charge >= 0.3 is 0 Å². The summed E-state index contributed by atoms with van der Waals surface area (Å²) in [5.41, 5.74) is 2.79. The van der Waals surface area contributed by atoms with Gasteiger partial charge in [-0.1, -0.05) is 36.3 Å². The highest BCUT2D eigenvalue weighted by atomic mass is 16.5. The van der Waals surface area contributed by atoms with Crippen LogP contribution in [-0.2, 0) is 6.61 Å². The molecule has 1 aromatic heterocycles. The van der Waals surface area contributed by atoms with Crippen LogP contribution in [0.2, 0.25) is 0 Å². The number of rotatable bonds is 4. The minimum atomic E-state index is 0.518. The van der Waals surface area contributed by atoms with E-state index >= 15 is 0 Å². The molecule has 0 unspecified atom stereocenters. The van der Waals surface area contributed by atoms with Crippen molar-refractivity contribution in [2.75, 3.05) is 0 Å². The maximum Gasteiger partial charge on any atom is 0.135 e. The highest BCUT2D eigenvalue weighted by molar-refractivity contribution is 5.68. The number of hydrogen-bond acceptors (Lipinski definition) is 2. The third kappa shape index (κ3) is 3.05. The zero-order valence-electron chi connectivity index (χ0n) is 12.4. The highest BCUT2D eigenvalue weighted by Gasteiger charge is 2.09. The molecule has 0 aliphatic heterocycles. The third-order valence-electron chi connectivity index (χ3n) is 3.40. The molecule has 1 heterocycles. The monoisotopic (exact) mass is 288 g/mol. The molecule has 3 rings (SSSR count). The van der Waals surface area contributed by atoms with Crippen molar-refractivity contribution in [1.82, 2.24) is 0 Å². The van der Waals surface area contributed by atoms with Crippen LogP contribution in [0.3, 0.4) is 0 Å². The van der Waals surface area contributed by atoms with Gasteiger partial charge in [0.25, 0.3) is 0 Å². The predicted octanol–water partition coefficient (Wildman–Crippen LogP) is 4.82. The summed E-state index contributed by atoms with van der Waals surface area (Å²) in [6.45, 7) is 2.43. The molecule has 0 fully saturated rings. The van der Waals surface area contributed by atoms with E-state index in [4.69, 9.17) is 15.6 Å². The van der Waals surface area contributed by atoms with Crippen molar-refractivity contribution in [3.8, 4) is 29.4 Å². The van der Waals surface area contributed by atoms with Gasteiger partial charge in [0.2, 0.25) is 0 Å². The largest absolute Gasteiger partial charge is 0.489 e. The molecule has 22 heavy (non-hydrogen) atoms. The van der Waals surface area contributed by atoms with Crippen molar-refractivity contribution >= 4 is 0 Å². The average molecular weight is 288 g/mol. The van der Waals surface area contributed by atoms with Crippen molar-refractivity contribution < 1.29 is 9.15 Å². The number of hydrogen-bond donors (Lipinski definition) is 0. The molecule has 0 N–H and O–H groups in total. The first-order valence-corrected chi connectivity index (χ1v) is 7.10. The molecule has 0 spiro atoms. The Morgan fingerprint density at radius 2 is 1.86 bits per heavy atom. The molecule has 0 amide bonds. The summed E-state index contributed by atoms with van der Waals surface area (Å²) in [6.07, 6.45) is 5.62. The molecule has 0 aliphatic carbocycles. The maximum absolute atomic E-state index is 5.80. The van der Waals surface area contributed by atoms with Crippen molar-refractivity contribution in [2.24, 2.45) is 0 Å². The molecule has 2 heteroatoms. The van der Waals surface area contributed by atoms with Gasteiger partial charge < -0.3 is 9.15 Å². The SMILES string of the molecule is C#Cc1cc(OCc2ccccc2)ccc1-c1ccc(C)o1. The van der Waals surface area contributed by atoms with Crippen molar-refractivity contribution in [3.63, 3.8) is 0 Å². The smallest absolute Gasteiger partial charge is 0.135 e. The standard InChI is InChI=1S/C20H16O2/c1-3-17-13-18(21-14-16-7-5-4-6-8-16)10-11-19(17)20-12-9-15(2)22-20/h1,4-13H,14H2,2H3. The Balaban J connectivity index is 1.82. The molecular formula is C20H16O2. The molecule has 0 bridgehead atoms. The Morgan fingerprint density at radius 3 is 2.55 bits per heavy atom. The minimum absolute atomic E-state index is 0.518. The zero-order valence-corrected chi connectivity index (χ0v) is 12.4. The lowest BCUT2D eigenvalue weighted by molar-refractivity contribution is 0.306. The van der Waals surface area contributed by atoms with Crippen LogP contribution in [-0.4, -0.2) is 0 Å². The second-order valence-corrected chi connectivity index (χ2v) is 5.04. The summed E-state index contributed by atoms with van der Waals surface area (Å²) in [6, 6.07) is 19.6. The van der Waals surface area contributed by atoms with E-state index in [2.05, 4.69) is 5.92 Å². The van der Waals surface area contributed by atoms with E-state index < -0.39 is 0 Å². The molecule has 0 atom stereocenters. The topological polar surface area (TPSA) is 22.4 Å². The first-order valence-electron chi connectivity index (χ1n) is 7.10. The molecule has 2 nitrogen and oxygen atoms in total. The molecule has 3 aromatic rings. The zero-order chi connectivity index (χ0) is 15.4. The van der Waals surface area contributed by atoms with Gasteiger partial charge in [0.05, 0.1) is 0 Å². The molecule has 0 radical (unpaired) electrons. The van der Waals surface area contributed by atoms with E-state index in [-0.39, 0.29) is 0 Å². The molecule has 0 saturated carbocycles. The fourth-order valence-electron chi connectivity index (χ4n) is 2.27. The van der Waals surface area contributed by atoms with Gasteiger partial charge in [0, 0.05) is 11.1 Å². The van der Waals surface area contributed by atoms with Crippen molar-refractivity contribution in [3.05, 3.63) is 77.6 Å². The summed E-state index contributed by atoms with van der Waals surface area (Å²) in [5.74, 6) is 5.10. The minimum Gasteiger partial charge on any atom is -0.489 e. The van der Waals surface area contributed by atoms with Gasteiger partial charge in [-0.05, 0) is 42.8 Å². The Kier molecular flexibility index (Phi) is 3.98. The maximum atomic E-state index is 5.80. The van der Waals surface area contributed by atoms with E-state index in [9.17, 15) is 0 Å². The predicted molar refractivity (Wildman–Crippen MR) is 87.6 cm³/mol. The van der Waals surface area contributed by atoms with Gasteiger partial charge in [0.1, 0.15) is 23.9 Å². The lowest BCUT2D eigenvalue weighted by Crippen LogP contribution is -1.95. The van der Waals surface area contributed by atoms with E-state index in [1.54, 1.807) is 0 Å². The molecular weight excluding hydrogens is 272 g/mol. The Bertz CT molecular complexity index is 807. The first kappa shape index (κ1) is 14.0. The Labute approximate surface area is 130 Å². The molecule has 0 aliphatic rings. The van der Waals surface area contributed by atoms with Crippen molar-refractivity contribution in [1.29, 1.82) is 0 Å². The number of aryl methyl sites for hydroxylation is 1. The Morgan fingerprint density at radius 1 is 1.05 bits per heavy atom. The van der Waals surface area contributed by atoms with Crippen molar-refractivity contribution in [2.45, 2.75) is 13.5 Å². The van der Waals surface area contributed by atoms with Crippen LogP contribution in [0.15, 0.2) is 65.1 Å². The fraction of sp³-hybridized carbons (Fsp3) is 0.100. The van der Waals surface area contributed by atoms with Crippen LogP contribution >= 0.6 is 0 Å². The van der Waals surface area contributed by atoms with E-state index in [1.807, 2.05) is 67.6 Å². The van der Waals surface area contributed by atoms with Gasteiger partial charge in [-0.15, -0.1) is 6.42 Å². The third-order valence-corrected chi connectivity index (χ3v) is 3.40. The summed E-state index contributed by atoms with van der Waals surface area (Å²) in [5, 5.41) is 0. The second kappa shape index (κ2) is 6.24. The van der Waals surface area contributed by atoms with E-state index in [1.165, 1.54) is 0 Å². The average Bonchev–Trinajstić information content (AvgIpc) is 3.00. The van der Waals surface area contributed by atoms with Gasteiger partial charge in [-0.2, -0.15) is 0 Å².